The third-order valence-electron chi connectivity index (χ3n) is 4.56. The zero-order valence-corrected chi connectivity index (χ0v) is 15.1. The van der Waals surface area contributed by atoms with Gasteiger partial charge in [0.25, 0.3) is 5.91 Å². The van der Waals surface area contributed by atoms with Crippen molar-refractivity contribution < 1.29 is 28.2 Å². The molecule has 3 rings (SSSR count). The molecule has 2 aromatic rings. The Morgan fingerprint density at radius 3 is 2.61 bits per heavy atom. The van der Waals surface area contributed by atoms with E-state index in [1.165, 1.54) is 29.3 Å². The summed E-state index contributed by atoms with van der Waals surface area (Å²) in [6.07, 6.45) is 4.27. The lowest BCUT2D eigenvalue weighted by Gasteiger charge is -2.26. The van der Waals surface area contributed by atoms with Crippen LogP contribution >= 0.6 is 0 Å². The van der Waals surface area contributed by atoms with Crippen LogP contribution in [0.15, 0.2) is 36.5 Å². The van der Waals surface area contributed by atoms with Crippen LogP contribution in [0.5, 0.6) is 5.88 Å². The number of hydrogen-bond acceptors (Lipinski definition) is 4. The Bertz CT molecular complexity index is 871. The molecule has 148 valence electrons. The number of carboxylic acids is 1. The van der Waals surface area contributed by atoms with Gasteiger partial charge in [-0.05, 0) is 43.0 Å². The molecule has 1 amide bonds. The second-order valence-electron chi connectivity index (χ2n) is 6.67. The van der Waals surface area contributed by atoms with Crippen LogP contribution in [-0.2, 0) is 11.3 Å². The summed E-state index contributed by atoms with van der Waals surface area (Å²) < 4.78 is 32.3. The van der Waals surface area contributed by atoms with Gasteiger partial charge in [-0.15, -0.1) is 0 Å². The number of aromatic nitrogens is 1. The van der Waals surface area contributed by atoms with E-state index in [0.717, 1.165) is 31.4 Å². The summed E-state index contributed by atoms with van der Waals surface area (Å²) in [6.45, 7) is -0.126. The first-order valence-corrected chi connectivity index (χ1v) is 9.00. The highest BCUT2D eigenvalue weighted by Gasteiger charge is 2.22. The Kier molecular flexibility index (Phi) is 6.18. The summed E-state index contributed by atoms with van der Waals surface area (Å²) in [4.78, 5) is 29.3. The van der Waals surface area contributed by atoms with E-state index in [9.17, 15) is 18.4 Å². The molecule has 28 heavy (non-hydrogen) atoms. The molecule has 1 N–H and O–H groups in total. The lowest BCUT2D eigenvalue weighted by molar-refractivity contribution is -0.137. The Labute approximate surface area is 160 Å². The van der Waals surface area contributed by atoms with Crippen LogP contribution in [0.1, 0.15) is 41.6 Å². The minimum absolute atomic E-state index is 0.0511. The third kappa shape index (κ3) is 5.03. The largest absolute Gasteiger partial charge is 0.481 e. The standard InChI is InChI=1S/C20H20F2N2O4/c21-16-5-4-13(10-17(16)22)12-24(9-7-19(25)26)20(27)14-6-8-23-18(11-14)28-15-2-1-3-15/h4-6,8,10-11,15H,1-3,7,9,12H2,(H,25,26). The molecule has 1 aliphatic rings. The number of benzene rings is 1. The molecule has 1 aromatic carbocycles. The van der Waals surface area contributed by atoms with Gasteiger partial charge in [0.1, 0.15) is 6.10 Å². The number of aliphatic carboxylic acids is 1. The van der Waals surface area contributed by atoms with Crippen LogP contribution < -0.4 is 4.74 Å². The number of rotatable bonds is 8. The number of pyridine rings is 1. The first-order chi connectivity index (χ1) is 13.4. The van der Waals surface area contributed by atoms with E-state index in [1.54, 1.807) is 0 Å². The summed E-state index contributed by atoms with van der Waals surface area (Å²) in [7, 11) is 0. The molecular weight excluding hydrogens is 370 g/mol. The lowest BCUT2D eigenvalue weighted by Crippen LogP contribution is -2.33. The molecular formula is C20H20F2N2O4. The van der Waals surface area contributed by atoms with Crippen LogP contribution in [-0.4, -0.2) is 39.5 Å². The normalized spacial score (nSPS) is 13.6. The fourth-order valence-electron chi connectivity index (χ4n) is 2.79. The van der Waals surface area contributed by atoms with Crippen molar-refractivity contribution in [1.82, 2.24) is 9.88 Å². The number of halogens is 2. The van der Waals surface area contributed by atoms with E-state index in [4.69, 9.17) is 9.84 Å². The number of carboxylic acid groups (broad SMARTS) is 1. The first kappa shape index (κ1) is 19.7. The van der Waals surface area contributed by atoms with Crippen LogP contribution in [0.3, 0.4) is 0 Å². The van der Waals surface area contributed by atoms with Gasteiger partial charge in [-0.3, -0.25) is 9.59 Å². The number of hydrogen-bond donors (Lipinski definition) is 1. The third-order valence-corrected chi connectivity index (χ3v) is 4.56. The van der Waals surface area contributed by atoms with E-state index >= 15 is 0 Å². The van der Waals surface area contributed by atoms with Crippen molar-refractivity contribution >= 4 is 11.9 Å². The monoisotopic (exact) mass is 390 g/mol. The molecule has 1 heterocycles. The summed E-state index contributed by atoms with van der Waals surface area (Å²) in [5.74, 6) is -3.18. The number of nitrogens with zero attached hydrogens (tertiary/aromatic N) is 2. The number of carbonyl (C=O) groups excluding carboxylic acids is 1. The average Bonchev–Trinajstić information content (AvgIpc) is 2.64. The van der Waals surface area contributed by atoms with Gasteiger partial charge in [0, 0.05) is 30.9 Å². The second kappa shape index (κ2) is 8.77. The van der Waals surface area contributed by atoms with Crippen molar-refractivity contribution in [2.45, 2.75) is 38.3 Å². The molecule has 0 unspecified atom stereocenters. The Morgan fingerprint density at radius 2 is 1.96 bits per heavy atom. The molecule has 0 aliphatic heterocycles. The fourth-order valence-corrected chi connectivity index (χ4v) is 2.79. The van der Waals surface area contributed by atoms with E-state index in [0.29, 0.717) is 11.4 Å². The van der Waals surface area contributed by atoms with Crippen LogP contribution in [0.25, 0.3) is 0 Å². The predicted octanol–water partition coefficient (Wildman–Crippen LogP) is 3.41. The summed E-state index contributed by atoms with van der Waals surface area (Å²) in [6, 6.07) is 6.35. The maximum atomic E-state index is 13.5. The van der Waals surface area contributed by atoms with E-state index in [-0.39, 0.29) is 31.2 Å². The van der Waals surface area contributed by atoms with Crippen molar-refractivity contribution in [3.8, 4) is 5.88 Å². The average molecular weight is 390 g/mol. The van der Waals surface area contributed by atoms with Gasteiger partial charge in [0.2, 0.25) is 5.88 Å². The predicted molar refractivity (Wildman–Crippen MR) is 95.9 cm³/mol. The lowest BCUT2D eigenvalue weighted by atomic mass is 9.96. The Balaban J connectivity index is 1.78. The van der Waals surface area contributed by atoms with Gasteiger partial charge in [-0.1, -0.05) is 6.07 Å². The van der Waals surface area contributed by atoms with Crippen molar-refractivity contribution in [2.75, 3.05) is 6.54 Å². The van der Waals surface area contributed by atoms with Crippen LogP contribution in [0.2, 0.25) is 0 Å². The van der Waals surface area contributed by atoms with Crippen molar-refractivity contribution in [3.63, 3.8) is 0 Å². The summed E-state index contributed by atoms with van der Waals surface area (Å²) >= 11 is 0. The quantitative estimate of drug-likeness (QED) is 0.747. The molecule has 0 spiro atoms. The Hall–Kier alpha value is -3.03. The molecule has 8 heteroatoms. The van der Waals surface area contributed by atoms with Crippen molar-refractivity contribution in [3.05, 3.63) is 59.3 Å². The topological polar surface area (TPSA) is 79.7 Å². The van der Waals surface area contributed by atoms with Gasteiger partial charge in [0.15, 0.2) is 11.6 Å². The van der Waals surface area contributed by atoms with Gasteiger partial charge in [-0.25, -0.2) is 13.8 Å². The van der Waals surface area contributed by atoms with Crippen LogP contribution in [0, 0.1) is 11.6 Å². The zero-order chi connectivity index (χ0) is 20.1. The summed E-state index contributed by atoms with van der Waals surface area (Å²) in [5, 5.41) is 8.96. The van der Waals surface area contributed by atoms with Gasteiger partial charge < -0.3 is 14.7 Å². The van der Waals surface area contributed by atoms with Gasteiger partial charge in [-0.2, -0.15) is 0 Å². The molecule has 1 fully saturated rings. The zero-order valence-electron chi connectivity index (χ0n) is 15.1. The highest BCUT2D eigenvalue weighted by molar-refractivity contribution is 5.94. The van der Waals surface area contributed by atoms with Crippen molar-refractivity contribution in [2.24, 2.45) is 0 Å². The molecule has 1 aromatic heterocycles. The minimum atomic E-state index is -1.06. The smallest absolute Gasteiger partial charge is 0.305 e. The van der Waals surface area contributed by atoms with Crippen molar-refractivity contribution in [1.29, 1.82) is 0 Å². The molecule has 0 saturated heterocycles. The molecule has 6 nitrogen and oxygen atoms in total. The molecule has 0 radical (unpaired) electrons. The van der Waals surface area contributed by atoms with E-state index < -0.39 is 23.5 Å². The Morgan fingerprint density at radius 1 is 1.18 bits per heavy atom. The maximum absolute atomic E-state index is 13.5. The number of ether oxygens (including phenoxy) is 1. The SMILES string of the molecule is O=C(O)CCN(Cc1ccc(F)c(F)c1)C(=O)c1ccnc(OC2CCC2)c1. The molecule has 0 atom stereocenters. The second-order valence-corrected chi connectivity index (χ2v) is 6.67. The molecule has 1 saturated carbocycles. The first-order valence-electron chi connectivity index (χ1n) is 9.00. The number of amides is 1. The molecule has 1 aliphatic carbocycles. The van der Waals surface area contributed by atoms with Crippen LogP contribution in [0.4, 0.5) is 8.78 Å². The van der Waals surface area contributed by atoms with Gasteiger partial charge >= 0.3 is 5.97 Å². The maximum Gasteiger partial charge on any atom is 0.305 e. The summed E-state index contributed by atoms with van der Waals surface area (Å²) in [5.41, 5.74) is 0.648. The fraction of sp³-hybridized carbons (Fsp3) is 0.350. The van der Waals surface area contributed by atoms with E-state index in [2.05, 4.69) is 4.98 Å². The molecule has 0 bridgehead atoms. The van der Waals surface area contributed by atoms with E-state index in [1.807, 2.05) is 0 Å². The minimum Gasteiger partial charge on any atom is -0.481 e. The van der Waals surface area contributed by atoms with Gasteiger partial charge in [0.05, 0.1) is 6.42 Å². The highest BCUT2D eigenvalue weighted by Crippen LogP contribution is 2.24. The number of carbonyl (C=O) groups is 2. The highest BCUT2D eigenvalue weighted by atomic mass is 19.2.